The summed E-state index contributed by atoms with van der Waals surface area (Å²) in [7, 11) is 0. The Kier molecular flexibility index (Phi) is 4.09. The molecule has 2 aromatic carbocycles. The fourth-order valence-corrected chi connectivity index (χ4v) is 2.63. The second-order valence-electron chi connectivity index (χ2n) is 5.50. The van der Waals surface area contributed by atoms with Gasteiger partial charge in [-0.3, -0.25) is 5.73 Å². The average Bonchev–Trinajstić information content (AvgIpc) is 2.54. The van der Waals surface area contributed by atoms with E-state index in [0.717, 1.165) is 22.4 Å². The topological polar surface area (TPSA) is 61.3 Å². The lowest BCUT2D eigenvalue weighted by molar-refractivity contribution is -0.00645. The van der Waals surface area contributed by atoms with Crippen LogP contribution in [0.2, 0.25) is 0 Å². The zero-order valence-corrected chi connectivity index (χ0v) is 12.4. The molecule has 4 N–H and O–H groups in total. The van der Waals surface area contributed by atoms with Gasteiger partial charge in [-0.25, -0.2) is 0 Å². The molecule has 0 saturated carbocycles. The number of anilines is 1. The summed E-state index contributed by atoms with van der Waals surface area (Å²) < 4.78 is 6.08. The van der Waals surface area contributed by atoms with E-state index in [1.54, 1.807) is 0 Å². The summed E-state index contributed by atoms with van der Waals surface area (Å²) in [4.78, 5) is 0. The molecule has 0 heterocycles. The minimum absolute atomic E-state index is 0.477. The molecule has 0 saturated heterocycles. The van der Waals surface area contributed by atoms with Crippen molar-refractivity contribution in [3.63, 3.8) is 0 Å². The van der Waals surface area contributed by atoms with Gasteiger partial charge in [0.2, 0.25) is 0 Å². The van der Waals surface area contributed by atoms with Gasteiger partial charge in [-0.2, -0.15) is 0 Å². The number of hydrogen-bond acceptors (Lipinski definition) is 3. The second-order valence-corrected chi connectivity index (χ2v) is 5.50. The van der Waals surface area contributed by atoms with Crippen LogP contribution in [0.15, 0.2) is 72.8 Å². The SMILES string of the molecule is Nc1cccc(C2=CC=CCC2(N)OCc2ccccc2)c1. The highest BCUT2D eigenvalue weighted by Gasteiger charge is 2.32. The van der Waals surface area contributed by atoms with E-state index in [2.05, 4.69) is 0 Å². The molecular formula is C19H20N2O. The lowest BCUT2D eigenvalue weighted by atomic mass is 9.89. The maximum Gasteiger partial charge on any atom is 0.147 e. The van der Waals surface area contributed by atoms with Crippen LogP contribution in [0.3, 0.4) is 0 Å². The summed E-state index contributed by atoms with van der Waals surface area (Å²) in [5, 5.41) is 0. The predicted molar refractivity (Wildman–Crippen MR) is 90.7 cm³/mol. The fourth-order valence-electron chi connectivity index (χ4n) is 2.63. The van der Waals surface area contributed by atoms with E-state index in [4.69, 9.17) is 16.2 Å². The summed E-state index contributed by atoms with van der Waals surface area (Å²) in [5.74, 6) is 0. The van der Waals surface area contributed by atoms with Crippen LogP contribution in [-0.2, 0) is 11.3 Å². The van der Waals surface area contributed by atoms with Gasteiger partial charge in [0.25, 0.3) is 0 Å². The van der Waals surface area contributed by atoms with Crippen molar-refractivity contribution in [1.82, 2.24) is 0 Å². The molecule has 3 nitrogen and oxygen atoms in total. The number of benzene rings is 2. The summed E-state index contributed by atoms with van der Waals surface area (Å²) >= 11 is 0. The van der Waals surface area contributed by atoms with Crippen molar-refractivity contribution >= 4 is 11.3 Å². The Morgan fingerprint density at radius 1 is 1.05 bits per heavy atom. The molecule has 1 aliphatic carbocycles. The van der Waals surface area contributed by atoms with E-state index < -0.39 is 5.72 Å². The molecule has 0 amide bonds. The summed E-state index contributed by atoms with van der Waals surface area (Å²) in [6.07, 6.45) is 6.68. The highest BCUT2D eigenvalue weighted by Crippen LogP contribution is 2.34. The standard InChI is InChI=1S/C19H20N2O/c20-17-10-6-9-16(13-17)18-11-4-5-12-19(18,21)22-14-15-7-2-1-3-8-15/h1-11,13H,12,14,20-21H2. The molecule has 0 bridgehead atoms. The average molecular weight is 292 g/mol. The molecule has 22 heavy (non-hydrogen) atoms. The van der Waals surface area contributed by atoms with Crippen LogP contribution in [0, 0.1) is 0 Å². The van der Waals surface area contributed by atoms with Crippen molar-refractivity contribution in [1.29, 1.82) is 0 Å². The maximum atomic E-state index is 6.55. The Morgan fingerprint density at radius 2 is 1.86 bits per heavy atom. The van der Waals surface area contributed by atoms with Gasteiger partial charge in [-0.1, -0.05) is 60.7 Å². The van der Waals surface area contributed by atoms with Crippen LogP contribution in [0.4, 0.5) is 5.69 Å². The predicted octanol–water partition coefficient (Wildman–Crippen LogP) is 3.48. The molecule has 0 fully saturated rings. The Labute approximate surface area is 130 Å². The van der Waals surface area contributed by atoms with E-state index >= 15 is 0 Å². The summed E-state index contributed by atoms with van der Waals surface area (Å²) in [6.45, 7) is 0.477. The van der Waals surface area contributed by atoms with Crippen LogP contribution in [-0.4, -0.2) is 5.72 Å². The quantitative estimate of drug-likeness (QED) is 0.670. The van der Waals surface area contributed by atoms with Gasteiger partial charge < -0.3 is 10.5 Å². The van der Waals surface area contributed by atoms with Crippen LogP contribution in [0.5, 0.6) is 0 Å². The first kappa shape index (κ1) is 14.6. The smallest absolute Gasteiger partial charge is 0.147 e. The zero-order chi connectivity index (χ0) is 15.4. The Hall–Kier alpha value is -2.36. The monoisotopic (exact) mass is 292 g/mol. The minimum atomic E-state index is -0.835. The van der Waals surface area contributed by atoms with Crippen molar-refractivity contribution < 1.29 is 4.74 Å². The van der Waals surface area contributed by atoms with E-state index in [0.29, 0.717) is 13.0 Å². The fraction of sp³-hybridized carbons (Fsp3) is 0.158. The summed E-state index contributed by atoms with van der Waals surface area (Å²) in [5.41, 5.74) is 15.4. The van der Waals surface area contributed by atoms with Crippen LogP contribution in [0.1, 0.15) is 17.5 Å². The molecule has 1 unspecified atom stereocenters. The largest absolute Gasteiger partial charge is 0.399 e. The van der Waals surface area contributed by atoms with Gasteiger partial charge in [0.15, 0.2) is 0 Å². The third kappa shape index (κ3) is 3.11. The first-order chi connectivity index (χ1) is 10.7. The molecule has 0 aromatic heterocycles. The lowest BCUT2D eigenvalue weighted by Gasteiger charge is -2.33. The van der Waals surface area contributed by atoms with Gasteiger partial charge in [-0.15, -0.1) is 0 Å². The molecular weight excluding hydrogens is 272 g/mol. The molecule has 0 spiro atoms. The Balaban J connectivity index is 1.84. The molecule has 2 aromatic rings. The molecule has 1 atom stereocenters. The number of ether oxygens (including phenoxy) is 1. The van der Waals surface area contributed by atoms with Crippen LogP contribution >= 0.6 is 0 Å². The second kappa shape index (κ2) is 6.18. The molecule has 0 radical (unpaired) electrons. The molecule has 3 rings (SSSR count). The first-order valence-corrected chi connectivity index (χ1v) is 7.37. The van der Waals surface area contributed by atoms with Gasteiger partial charge in [-0.05, 0) is 23.3 Å². The van der Waals surface area contributed by atoms with Gasteiger partial charge in [0.1, 0.15) is 5.72 Å². The zero-order valence-electron chi connectivity index (χ0n) is 12.4. The minimum Gasteiger partial charge on any atom is -0.399 e. The van der Waals surface area contributed by atoms with Gasteiger partial charge in [0, 0.05) is 17.7 Å². The van der Waals surface area contributed by atoms with E-state index in [1.165, 1.54) is 0 Å². The van der Waals surface area contributed by atoms with Crippen molar-refractivity contribution in [2.24, 2.45) is 5.73 Å². The molecule has 0 aliphatic heterocycles. The summed E-state index contributed by atoms with van der Waals surface area (Å²) in [6, 6.07) is 17.8. The Bertz CT molecular complexity index is 706. The highest BCUT2D eigenvalue weighted by molar-refractivity contribution is 5.76. The van der Waals surface area contributed by atoms with Crippen LogP contribution < -0.4 is 11.5 Å². The number of hydrogen-bond donors (Lipinski definition) is 2. The highest BCUT2D eigenvalue weighted by atomic mass is 16.5. The molecule has 112 valence electrons. The number of allylic oxidation sites excluding steroid dienone is 2. The van der Waals surface area contributed by atoms with Gasteiger partial charge in [0.05, 0.1) is 6.61 Å². The first-order valence-electron chi connectivity index (χ1n) is 7.37. The van der Waals surface area contributed by atoms with Crippen molar-refractivity contribution in [2.75, 3.05) is 5.73 Å². The van der Waals surface area contributed by atoms with Gasteiger partial charge >= 0.3 is 0 Å². The maximum absolute atomic E-state index is 6.55. The molecule has 1 aliphatic rings. The van der Waals surface area contributed by atoms with E-state index in [-0.39, 0.29) is 0 Å². The third-order valence-corrected chi connectivity index (χ3v) is 3.81. The number of nitrogen functional groups attached to an aromatic ring is 1. The van der Waals surface area contributed by atoms with E-state index in [1.807, 2.05) is 72.8 Å². The lowest BCUT2D eigenvalue weighted by Crippen LogP contribution is -2.44. The third-order valence-electron chi connectivity index (χ3n) is 3.81. The van der Waals surface area contributed by atoms with Crippen LogP contribution in [0.25, 0.3) is 5.57 Å². The Morgan fingerprint density at radius 3 is 2.64 bits per heavy atom. The van der Waals surface area contributed by atoms with E-state index in [9.17, 15) is 0 Å². The van der Waals surface area contributed by atoms with Crippen molar-refractivity contribution in [2.45, 2.75) is 18.8 Å². The molecule has 3 heteroatoms. The number of nitrogens with two attached hydrogens (primary N) is 2. The van der Waals surface area contributed by atoms with Crippen molar-refractivity contribution in [3.8, 4) is 0 Å². The normalized spacial score (nSPS) is 20.7. The van der Waals surface area contributed by atoms with Crippen molar-refractivity contribution in [3.05, 3.63) is 84.0 Å². The number of rotatable bonds is 4.